The zero-order chi connectivity index (χ0) is 28.1. The smallest absolute Gasteiger partial charge is 0.343 e. The maximum absolute atomic E-state index is 11.6. The number of carbonyl (C=O) groups excluding carboxylic acids is 1. The fraction of sp³-hybridized carbons (Fsp3) is 0.333. The second-order valence-corrected chi connectivity index (χ2v) is 8.26. The summed E-state index contributed by atoms with van der Waals surface area (Å²) in [6, 6.07) is 3.79. The summed E-state index contributed by atoms with van der Waals surface area (Å²) in [6.07, 6.45) is 1.81. The second kappa shape index (κ2) is 11.5. The van der Waals surface area contributed by atoms with Gasteiger partial charge in [-0.3, -0.25) is 0 Å². The van der Waals surface area contributed by atoms with Gasteiger partial charge in [0.1, 0.15) is 22.8 Å². The van der Waals surface area contributed by atoms with E-state index >= 15 is 0 Å². The van der Waals surface area contributed by atoms with Crippen LogP contribution in [0.25, 0.3) is 11.9 Å². The van der Waals surface area contributed by atoms with Gasteiger partial charge in [0, 0.05) is 17.6 Å². The molecule has 4 heterocycles. The highest BCUT2D eigenvalue weighted by molar-refractivity contribution is 5.94. The summed E-state index contributed by atoms with van der Waals surface area (Å²) in [4.78, 5) is 39.2. The van der Waals surface area contributed by atoms with Gasteiger partial charge < -0.3 is 21.3 Å². The minimum absolute atomic E-state index is 0.0345. The van der Waals surface area contributed by atoms with Gasteiger partial charge in [-0.25, -0.2) is 28.9 Å². The lowest BCUT2D eigenvalue weighted by molar-refractivity contribution is 0.0526. The fourth-order valence-corrected chi connectivity index (χ4v) is 3.61. The molecule has 38 heavy (non-hydrogen) atoms. The first-order chi connectivity index (χ1) is 18.0. The quantitative estimate of drug-likeness (QED) is 0.312. The van der Waals surface area contributed by atoms with Crippen LogP contribution in [0.3, 0.4) is 0 Å². The van der Waals surface area contributed by atoms with E-state index in [9.17, 15) is 9.59 Å². The predicted molar refractivity (Wildman–Crippen MR) is 138 cm³/mol. The topological polar surface area (TPSA) is 203 Å². The highest BCUT2D eigenvalue weighted by Gasteiger charge is 2.19. The monoisotopic (exact) mass is 522 g/mol. The number of hydrogen-bond acceptors (Lipinski definition) is 11. The van der Waals surface area contributed by atoms with Crippen molar-refractivity contribution in [2.75, 3.05) is 18.1 Å². The minimum atomic E-state index is -1.12. The summed E-state index contributed by atoms with van der Waals surface area (Å²) >= 11 is 0. The summed E-state index contributed by atoms with van der Waals surface area (Å²) in [6.45, 7) is 11.3. The third-order valence-corrected chi connectivity index (χ3v) is 5.25. The Hall–Kier alpha value is -4.88. The lowest BCUT2D eigenvalue weighted by Gasteiger charge is -2.09. The van der Waals surface area contributed by atoms with Gasteiger partial charge in [-0.05, 0) is 53.2 Å². The highest BCUT2D eigenvalue weighted by Crippen LogP contribution is 2.18. The van der Waals surface area contributed by atoms with E-state index in [1.165, 1.54) is 6.20 Å². The van der Waals surface area contributed by atoms with Gasteiger partial charge >= 0.3 is 11.9 Å². The third-order valence-electron chi connectivity index (χ3n) is 5.25. The first kappa shape index (κ1) is 27.7. The zero-order valence-corrected chi connectivity index (χ0v) is 22.1. The lowest BCUT2D eigenvalue weighted by atomic mass is 10.2. The van der Waals surface area contributed by atoms with Gasteiger partial charge in [0.05, 0.1) is 23.7 Å². The molecular weight excluding hydrogens is 492 g/mol. The number of carboxylic acid groups (broad SMARTS) is 1. The van der Waals surface area contributed by atoms with Crippen molar-refractivity contribution in [3.63, 3.8) is 0 Å². The van der Waals surface area contributed by atoms with Gasteiger partial charge in [0.15, 0.2) is 0 Å². The average Bonchev–Trinajstić information content (AvgIpc) is 3.37. The third kappa shape index (κ3) is 5.91. The molecule has 0 aliphatic rings. The van der Waals surface area contributed by atoms with E-state index < -0.39 is 11.9 Å². The molecule has 0 saturated heterocycles. The van der Waals surface area contributed by atoms with E-state index in [0.29, 0.717) is 24.0 Å². The molecule has 5 N–H and O–H groups in total. The molecule has 0 saturated carbocycles. The van der Waals surface area contributed by atoms with Crippen molar-refractivity contribution in [1.29, 1.82) is 0 Å². The Morgan fingerprint density at radius 2 is 1.45 bits per heavy atom. The molecule has 4 rings (SSSR count). The number of carboxylic acids is 1. The Labute approximate surface area is 218 Å². The first-order valence-corrected chi connectivity index (χ1v) is 11.7. The molecule has 14 nitrogen and oxygen atoms in total. The van der Waals surface area contributed by atoms with Gasteiger partial charge in [-0.1, -0.05) is 6.92 Å². The molecule has 0 spiro atoms. The maximum Gasteiger partial charge on any atom is 0.343 e. The molecule has 0 amide bonds. The van der Waals surface area contributed by atoms with Crippen molar-refractivity contribution in [1.82, 2.24) is 39.5 Å². The van der Waals surface area contributed by atoms with E-state index in [1.54, 1.807) is 16.3 Å². The number of nitrogens with zero attached hydrogens (tertiary/aromatic N) is 8. The molecule has 0 fully saturated rings. The largest absolute Gasteiger partial charge is 0.477 e. The van der Waals surface area contributed by atoms with Crippen LogP contribution in [-0.4, -0.2) is 63.1 Å². The SMILES string of the molecule is CCOC(=O)c1cnc(-n2nc(C)cc2C)nc1N.CCc1nc(-n2nc(C)cc2C)nc(N)c1C(=O)O. The van der Waals surface area contributed by atoms with Crippen LogP contribution in [0.2, 0.25) is 0 Å². The number of rotatable bonds is 6. The lowest BCUT2D eigenvalue weighted by Crippen LogP contribution is -2.15. The van der Waals surface area contributed by atoms with Crippen LogP contribution in [0.15, 0.2) is 18.3 Å². The normalized spacial score (nSPS) is 10.6. The number of anilines is 2. The van der Waals surface area contributed by atoms with Crippen molar-refractivity contribution in [3.8, 4) is 11.9 Å². The standard InChI is InChI=1S/2C12H15N5O2/c1-4-19-11(18)9-6-14-12(15-10(9)13)17-8(3)5-7(2)16-17;1-4-8-9(11(18)19)10(13)15-12(14-8)17-7(3)5-6(2)16-17/h5-6H,4H2,1-3H3,(H2,13,14,15);5H,4H2,1-3H3,(H,18,19)(H2,13,14,15). The molecule has 0 aliphatic heterocycles. The molecule has 0 unspecified atom stereocenters. The number of aromatic nitrogens is 8. The van der Waals surface area contributed by atoms with Gasteiger partial charge in [-0.2, -0.15) is 20.2 Å². The van der Waals surface area contributed by atoms with E-state index in [4.69, 9.17) is 21.3 Å². The number of aromatic carboxylic acids is 1. The molecule has 200 valence electrons. The van der Waals surface area contributed by atoms with Crippen molar-refractivity contribution in [2.24, 2.45) is 0 Å². The molecular formula is C24H30N10O4. The molecule has 0 radical (unpaired) electrons. The summed E-state index contributed by atoms with van der Waals surface area (Å²) in [5.41, 5.74) is 15.4. The Morgan fingerprint density at radius 3 is 1.89 bits per heavy atom. The summed E-state index contributed by atoms with van der Waals surface area (Å²) in [5, 5.41) is 17.6. The second-order valence-electron chi connectivity index (χ2n) is 8.26. The zero-order valence-electron chi connectivity index (χ0n) is 22.1. The van der Waals surface area contributed by atoms with Crippen LogP contribution < -0.4 is 11.5 Å². The van der Waals surface area contributed by atoms with Gasteiger partial charge in [0.2, 0.25) is 0 Å². The molecule has 4 aromatic heterocycles. The Balaban J connectivity index is 0.000000211. The average molecular weight is 523 g/mol. The predicted octanol–water partition coefficient (Wildman–Crippen LogP) is 2.16. The minimum Gasteiger partial charge on any atom is -0.477 e. The summed E-state index contributed by atoms with van der Waals surface area (Å²) in [7, 11) is 0. The van der Waals surface area contributed by atoms with Crippen LogP contribution in [-0.2, 0) is 11.2 Å². The Kier molecular flexibility index (Phi) is 8.35. The first-order valence-electron chi connectivity index (χ1n) is 11.7. The van der Waals surface area contributed by atoms with Crippen molar-refractivity contribution >= 4 is 23.6 Å². The molecule has 0 aromatic carbocycles. The number of nitrogen functional groups attached to an aromatic ring is 2. The van der Waals surface area contributed by atoms with Gasteiger partial charge in [0.25, 0.3) is 11.9 Å². The molecule has 0 bridgehead atoms. The summed E-state index contributed by atoms with van der Waals surface area (Å²) in [5.74, 6) is -0.979. The van der Waals surface area contributed by atoms with Crippen LogP contribution in [0.1, 0.15) is 63.0 Å². The number of hydrogen-bond donors (Lipinski definition) is 3. The van der Waals surface area contributed by atoms with Crippen molar-refractivity contribution < 1.29 is 19.4 Å². The Morgan fingerprint density at radius 1 is 0.895 bits per heavy atom. The highest BCUT2D eigenvalue weighted by atomic mass is 16.5. The number of esters is 1. The molecule has 4 aromatic rings. The number of ether oxygens (including phenoxy) is 1. The van der Waals surface area contributed by atoms with Crippen molar-refractivity contribution in [2.45, 2.75) is 48.0 Å². The van der Waals surface area contributed by atoms with E-state index in [1.807, 2.05) is 46.8 Å². The molecule has 14 heteroatoms. The van der Waals surface area contributed by atoms with Crippen LogP contribution in [0.5, 0.6) is 0 Å². The van der Waals surface area contributed by atoms with Gasteiger partial charge in [-0.15, -0.1) is 0 Å². The number of carbonyl (C=O) groups is 2. The Bertz CT molecular complexity index is 1490. The van der Waals surface area contributed by atoms with Crippen LogP contribution in [0, 0.1) is 27.7 Å². The van der Waals surface area contributed by atoms with E-state index in [0.717, 1.165) is 22.8 Å². The molecule has 0 atom stereocenters. The van der Waals surface area contributed by atoms with Crippen LogP contribution >= 0.6 is 0 Å². The molecule has 0 aliphatic carbocycles. The fourth-order valence-electron chi connectivity index (χ4n) is 3.61. The summed E-state index contributed by atoms with van der Waals surface area (Å²) < 4.78 is 7.98. The number of aryl methyl sites for hydroxylation is 5. The van der Waals surface area contributed by atoms with E-state index in [2.05, 4.69) is 30.1 Å². The number of nitrogens with two attached hydrogens (primary N) is 2. The van der Waals surface area contributed by atoms with E-state index in [-0.39, 0.29) is 29.4 Å². The maximum atomic E-state index is 11.6. The van der Waals surface area contributed by atoms with Crippen molar-refractivity contribution in [3.05, 3.63) is 57.9 Å². The van der Waals surface area contributed by atoms with Crippen LogP contribution in [0.4, 0.5) is 11.6 Å².